The van der Waals surface area contributed by atoms with Gasteiger partial charge in [0.25, 0.3) is 0 Å². The minimum Gasteiger partial charge on any atom is -0.493 e. The van der Waals surface area contributed by atoms with Gasteiger partial charge < -0.3 is 9.47 Å². The highest BCUT2D eigenvalue weighted by atomic mass is 32.2. The summed E-state index contributed by atoms with van der Waals surface area (Å²) in [5, 5.41) is -1.02. The van der Waals surface area contributed by atoms with Crippen molar-refractivity contribution >= 4 is 19.7 Å². The van der Waals surface area contributed by atoms with Crippen LogP contribution in [0, 0.1) is 0 Å². The maximum atomic E-state index is 13.5. The summed E-state index contributed by atoms with van der Waals surface area (Å²) in [6.07, 6.45) is 0.774. The van der Waals surface area contributed by atoms with Crippen LogP contribution in [-0.2, 0) is 32.6 Å². The predicted octanol–water partition coefficient (Wildman–Crippen LogP) is 1.70. The standard InChI is InChI=1S/C21H25NO6S2/c1-27-19-8-7-17(11-20(19)28-2)30(25,26)21-14-29(23,24)13-18(21)22-10-9-15-5-3-4-6-16(15)12-22/h3-8,11,18,21H,9-10,12-14H2,1-2H3/t18-,21-/m0/s1. The van der Waals surface area contributed by atoms with Crippen LogP contribution in [0.1, 0.15) is 11.1 Å². The third-order valence-electron chi connectivity index (χ3n) is 5.98. The van der Waals surface area contributed by atoms with E-state index < -0.39 is 31.0 Å². The Balaban J connectivity index is 1.69. The SMILES string of the molecule is COc1ccc(S(=O)(=O)[C@H]2CS(=O)(=O)C[C@@H]2N2CCc3ccccc3C2)cc1OC. The fourth-order valence-corrected chi connectivity index (χ4v) is 9.25. The average Bonchev–Trinajstić information content (AvgIpc) is 3.09. The van der Waals surface area contributed by atoms with E-state index in [2.05, 4.69) is 6.07 Å². The van der Waals surface area contributed by atoms with E-state index in [0.29, 0.717) is 24.6 Å². The molecule has 0 aliphatic carbocycles. The number of benzene rings is 2. The van der Waals surface area contributed by atoms with Gasteiger partial charge in [-0.05, 0) is 29.7 Å². The number of sulfone groups is 2. The molecular weight excluding hydrogens is 426 g/mol. The summed E-state index contributed by atoms with van der Waals surface area (Å²) in [5.74, 6) is 0.196. The monoisotopic (exact) mass is 451 g/mol. The Morgan fingerprint density at radius 2 is 1.67 bits per heavy atom. The minimum absolute atomic E-state index is 0.0460. The third kappa shape index (κ3) is 3.81. The van der Waals surface area contributed by atoms with Gasteiger partial charge in [-0.1, -0.05) is 24.3 Å². The Bertz CT molecular complexity index is 1160. The van der Waals surface area contributed by atoms with Crippen LogP contribution in [0.5, 0.6) is 11.5 Å². The van der Waals surface area contributed by atoms with Crippen LogP contribution in [0.3, 0.4) is 0 Å². The van der Waals surface area contributed by atoms with Crippen LogP contribution in [0.25, 0.3) is 0 Å². The van der Waals surface area contributed by atoms with Crippen molar-refractivity contribution in [3.05, 3.63) is 53.6 Å². The first-order valence-electron chi connectivity index (χ1n) is 9.72. The number of ether oxygens (including phenoxy) is 2. The van der Waals surface area contributed by atoms with E-state index in [9.17, 15) is 16.8 Å². The molecule has 0 saturated carbocycles. The Kier molecular flexibility index (Phi) is 5.54. The highest BCUT2D eigenvalue weighted by Gasteiger charge is 2.48. The molecule has 4 rings (SSSR count). The van der Waals surface area contributed by atoms with Crippen molar-refractivity contribution in [3.8, 4) is 11.5 Å². The number of methoxy groups -OCH3 is 2. The molecule has 0 spiro atoms. The Labute approximate surface area is 177 Å². The smallest absolute Gasteiger partial charge is 0.183 e. The summed E-state index contributed by atoms with van der Waals surface area (Å²) < 4.78 is 62.4. The predicted molar refractivity (Wildman–Crippen MR) is 114 cm³/mol. The summed E-state index contributed by atoms with van der Waals surface area (Å²) in [4.78, 5) is 2.06. The van der Waals surface area contributed by atoms with Gasteiger partial charge in [-0.3, -0.25) is 4.90 Å². The highest BCUT2D eigenvalue weighted by Crippen LogP contribution is 2.35. The molecule has 0 amide bonds. The van der Waals surface area contributed by atoms with Gasteiger partial charge in [-0.25, -0.2) is 16.8 Å². The molecule has 0 N–H and O–H groups in total. The molecule has 2 atom stereocenters. The molecule has 2 aliphatic heterocycles. The first-order valence-corrected chi connectivity index (χ1v) is 13.1. The molecule has 0 unspecified atom stereocenters. The average molecular weight is 452 g/mol. The van der Waals surface area contributed by atoms with Crippen molar-refractivity contribution in [2.45, 2.75) is 29.2 Å². The molecule has 2 aromatic carbocycles. The van der Waals surface area contributed by atoms with Crippen molar-refractivity contribution in [1.29, 1.82) is 0 Å². The van der Waals surface area contributed by atoms with Crippen LogP contribution < -0.4 is 9.47 Å². The Morgan fingerprint density at radius 1 is 0.967 bits per heavy atom. The summed E-state index contributed by atoms with van der Waals surface area (Å²) in [5.41, 5.74) is 2.35. The second-order valence-electron chi connectivity index (χ2n) is 7.73. The molecule has 1 saturated heterocycles. The van der Waals surface area contributed by atoms with Gasteiger partial charge >= 0.3 is 0 Å². The summed E-state index contributed by atoms with van der Waals surface area (Å²) in [6, 6.07) is 11.8. The van der Waals surface area contributed by atoms with E-state index in [-0.39, 0.29) is 16.4 Å². The van der Waals surface area contributed by atoms with Crippen LogP contribution in [-0.4, -0.2) is 65.3 Å². The maximum absolute atomic E-state index is 13.5. The van der Waals surface area contributed by atoms with E-state index in [0.717, 1.165) is 12.0 Å². The lowest BCUT2D eigenvalue weighted by molar-refractivity contribution is 0.195. The largest absolute Gasteiger partial charge is 0.493 e. The number of rotatable bonds is 5. The maximum Gasteiger partial charge on any atom is 0.183 e. The summed E-state index contributed by atoms with van der Waals surface area (Å²) in [6.45, 7) is 1.18. The summed E-state index contributed by atoms with van der Waals surface area (Å²) in [7, 11) is -4.46. The van der Waals surface area contributed by atoms with Gasteiger partial charge in [0, 0.05) is 25.2 Å². The lowest BCUT2D eigenvalue weighted by atomic mass is 9.98. The van der Waals surface area contributed by atoms with E-state index in [1.54, 1.807) is 0 Å². The summed E-state index contributed by atoms with van der Waals surface area (Å²) >= 11 is 0. The van der Waals surface area contributed by atoms with Crippen LogP contribution in [0.4, 0.5) is 0 Å². The Morgan fingerprint density at radius 3 is 2.37 bits per heavy atom. The molecule has 0 bridgehead atoms. The van der Waals surface area contributed by atoms with E-state index in [1.807, 2.05) is 23.1 Å². The number of hydrogen-bond acceptors (Lipinski definition) is 7. The molecular formula is C21H25NO6S2. The molecule has 7 nitrogen and oxygen atoms in total. The van der Waals surface area contributed by atoms with E-state index in [1.165, 1.54) is 38.0 Å². The topological polar surface area (TPSA) is 90.0 Å². The van der Waals surface area contributed by atoms with Gasteiger partial charge in [0.15, 0.2) is 31.2 Å². The van der Waals surface area contributed by atoms with Crippen LogP contribution >= 0.6 is 0 Å². The van der Waals surface area contributed by atoms with Gasteiger partial charge in [-0.15, -0.1) is 0 Å². The number of fused-ring (bicyclic) bond motifs is 1. The molecule has 2 heterocycles. The van der Waals surface area contributed by atoms with Gasteiger partial charge in [0.2, 0.25) is 0 Å². The zero-order valence-electron chi connectivity index (χ0n) is 16.9. The van der Waals surface area contributed by atoms with Crippen molar-refractivity contribution < 1.29 is 26.3 Å². The zero-order valence-corrected chi connectivity index (χ0v) is 18.6. The normalized spacial score (nSPS) is 23.7. The van der Waals surface area contributed by atoms with E-state index >= 15 is 0 Å². The molecule has 1 fully saturated rings. The molecule has 9 heteroatoms. The Hall–Kier alpha value is -2.10. The number of hydrogen-bond donors (Lipinski definition) is 0. The second-order valence-corrected chi connectivity index (χ2v) is 12.1. The zero-order chi connectivity index (χ0) is 21.5. The van der Waals surface area contributed by atoms with Gasteiger partial charge in [-0.2, -0.15) is 0 Å². The van der Waals surface area contributed by atoms with E-state index in [4.69, 9.17) is 9.47 Å². The lowest BCUT2D eigenvalue weighted by Gasteiger charge is -2.35. The van der Waals surface area contributed by atoms with Gasteiger partial charge in [0.1, 0.15) is 0 Å². The molecule has 2 aromatic rings. The van der Waals surface area contributed by atoms with Crippen molar-refractivity contribution in [1.82, 2.24) is 4.90 Å². The van der Waals surface area contributed by atoms with Crippen LogP contribution in [0.15, 0.2) is 47.4 Å². The molecule has 0 radical (unpaired) electrons. The quantitative estimate of drug-likeness (QED) is 0.683. The molecule has 162 valence electrons. The van der Waals surface area contributed by atoms with Crippen molar-refractivity contribution in [2.24, 2.45) is 0 Å². The third-order valence-corrected chi connectivity index (χ3v) is 10.1. The molecule has 2 aliphatic rings. The fraction of sp³-hybridized carbons (Fsp3) is 0.429. The first kappa shape index (κ1) is 21.1. The minimum atomic E-state index is -3.90. The molecule has 0 aromatic heterocycles. The highest BCUT2D eigenvalue weighted by molar-refractivity contribution is 7.96. The fourth-order valence-electron chi connectivity index (χ4n) is 4.40. The van der Waals surface area contributed by atoms with Gasteiger partial charge in [0.05, 0.1) is 35.9 Å². The number of nitrogens with zero attached hydrogens (tertiary/aromatic N) is 1. The van der Waals surface area contributed by atoms with Crippen molar-refractivity contribution in [2.75, 3.05) is 32.3 Å². The van der Waals surface area contributed by atoms with Crippen molar-refractivity contribution in [3.63, 3.8) is 0 Å². The lowest BCUT2D eigenvalue weighted by Crippen LogP contribution is -2.48. The second kappa shape index (κ2) is 7.86. The van der Waals surface area contributed by atoms with Crippen LogP contribution in [0.2, 0.25) is 0 Å². The first-order chi connectivity index (χ1) is 14.2. The molecule has 30 heavy (non-hydrogen) atoms.